The highest BCUT2D eigenvalue weighted by atomic mass is 16.2. The highest BCUT2D eigenvalue weighted by molar-refractivity contribution is 5.79. The molecule has 3 rings (SSSR count). The van der Waals surface area contributed by atoms with Gasteiger partial charge in [0.15, 0.2) is 0 Å². The van der Waals surface area contributed by atoms with Crippen molar-refractivity contribution in [3.05, 3.63) is 80.5 Å². The van der Waals surface area contributed by atoms with E-state index in [4.69, 9.17) is 0 Å². The van der Waals surface area contributed by atoms with Gasteiger partial charge in [0.05, 0.1) is 16.9 Å². The number of aryl methyl sites for hydroxylation is 1. The van der Waals surface area contributed by atoms with Crippen LogP contribution >= 0.6 is 0 Å². The second-order valence-electron chi connectivity index (χ2n) is 9.34. The number of carbonyl (C=O) groups excluding carboxylic acids is 1. The molecule has 0 aliphatic rings. The predicted molar refractivity (Wildman–Crippen MR) is 124 cm³/mol. The maximum absolute atomic E-state index is 12.7. The number of nitrogens with zero attached hydrogens (tertiary/aromatic N) is 1. The molecule has 2 N–H and O–H groups in total. The number of carbonyl (C=O) groups is 1. The highest BCUT2D eigenvalue weighted by Gasteiger charge is 2.20. The first-order chi connectivity index (χ1) is 14.6. The smallest absolute Gasteiger partial charge is 0.328 e. The molecule has 3 aromatic rings. The van der Waals surface area contributed by atoms with E-state index in [0.29, 0.717) is 10.9 Å². The minimum Gasteiger partial charge on any atom is -0.349 e. The summed E-state index contributed by atoms with van der Waals surface area (Å²) in [4.78, 5) is 39.4. The van der Waals surface area contributed by atoms with Crippen LogP contribution in [0.2, 0.25) is 0 Å². The third-order valence-corrected chi connectivity index (χ3v) is 5.59. The van der Waals surface area contributed by atoms with Crippen LogP contribution in [0.3, 0.4) is 0 Å². The van der Waals surface area contributed by atoms with E-state index in [2.05, 4.69) is 69.2 Å². The first-order valence-electron chi connectivity index (χ1n) is 10.7. The van der Waals surface area contributed by atoms with Crippen molar-refractivity contribution in [3.8, 4) is 0 Å². The van der Waals surface area contributed by atoms with Crippen molar-refractivity contribution in [2.75, 3.05) is 0 Å². The third-order valence-electron chi connectivity index (χ3n) is 5.59. The average molecular weight is 422 g/mol. The van der Waals surface area contributed by atoms with Crippen LogP contribution in [-0.4, -0.2) is 15.5 Å². The van der Waals surface area contributed by atoms with E-state index >= 15 is 0 Å². The molecule has 0 fully saturated rings. The Balaban J connectivity index is 1.76. The van der Waals surface area contributed by atoms with E-state index in [0.717, 1.165) is 5.56 Å². The van der Waals surface area contributed by atoms with Gasteiger partial charge in [0, 0.05) is 13.0 Å². The zero-order valence-electron chi connectivity index (χ0n) is 18.9. The van der Waals surface area contributed by atoms with Crippen LogP contribution < -0.4 is 16.6 Å². The van der Waals surface area contributed by atoms with Crippen LogP contribution in [0.25, 0.3) is 10.9 Å². The summed E-state index contributed by atoms with van der Waals surface area (Å²) in [6.07, 6.45) is 0.138. The van der Waals surface area contributed by atoms with Gasteiger partial charge in [-0.3, -0.25) is 19.1 Å². The molecule has 0 spiro atoms. The Hall–Kier alpha value is -3.15. The molecular weight excluding hydrogens is 390 g/mol. The maximum atomic E-state index is 12.7. The molecule has 0 aliphatic heterocycles. The second-order valence-corrected chi connectivity index (χ2v) is 9.34. The van der Waals surface area contributed by atoms with E-state index < -0.39 is 11.2 Å². The number of benzene rings is 2. The largest absolute Gasteiger partial charge is 0.349 e. The summed E-state index contributed by atoms with van der Waals surface area (Å²) in [6, 6.07) is 15.2. The SMILES string of the molecule is CC(C)C(NC(=O)CCn1c(=O)[nH]c(=O)c2ccccc21)c1ccc(C(C)(C)C)cc1. The molecular formula is C25H31N3O3. The third kappa shape index (κ3) is 5.13. The van der Waals surface area contributed by atoms with Gasteiger partial charge >= 0.3 is 5.69 Å². The van der Waals surface area contributed by atoms with Crippen molar-refractivity contribution in [3.63, 3.8) is 0 Å². The Morgan fingerprint density at radius 3 is 2.29 bits per heavy atom. The fraction of sp³-hybridized carbons (Fsp3) is 0.400. The fourth-order valence-electron chi connectivity index (χ4n) is 3.75. The van der Waals surface area contributed by atoms with E-state index in [1.165, 1.54) is 10.1 Å². The lowest BCUT2D eigenvalue weighted by Crippen LogP contribution is -2.35. The Bertz CT molecular complexity index is 1180. The topological polar surface area (TPSA) is 84.0 Å². The summed E-state index contributed by atoms with van der Waals surface area (Å²) in [5.41, 5.74) is 1.98. The summed E-state index contributed by atoms with van der Waals surface area (Å²) < 4.78 is 1.44. The number of rotatable bonds is 6. The fourth-order valence-corrected chi connectivity index (χ4v) is 3.75. The van der Waals surface area contributed by atoms with Gasteiger partial charge in [-0.1, -0.05) is 71.0 Å². The molecule has 1 aromatic heterocycles. The molecule has 6 heteroatoms. The van der Waals surface area contributed by atoms with Crippen molar-refractivity contribution in [2.45, 2.75) is 59.0 Å². The summed E-state index contributed by atoms with van der Waals surface area (Å²) in [5, 5.41) is 3.55. The van der Waals surface area contributed by atoms with Gasteiger partial charge in [0.1, 0.15) is 0 Å². The van der Waals surface area contributed by atoms with Gasteiger partial charge in [-0.05, 0) is 34.6 Å². The summed E-state index contributed by atoms with van der Waals surface area (Å²) in [5.74, 6) is 0.0712. The molecule has 0 radical (unpaired) electrons. The van der Waals surface area contributed by atoms with Crippen LogP contribution in [-0.2, 0) is 16.8 Å². The van der Waals surface area contributed by atoms with Gasteiger partial charge in [0.2, 0.25) is 5.91 Å². The van der Waals surface area contributed by atoms with E-state index in [1.54, 1.807) is 24.3 Å². The monoisotopic (exact) mass is 421 g/mol. The number of fused-ring (bicyclic) bond motifs is 1. The molecule has 1 heterocycles. The minimum absolute atomic E-state index is 0.0712. The van der Waals surface area contributed by atoms with Crippen molar-refractivity contribution < 1.29 is 4.79 Å². The van der Waals surface area contributed by atoms with Crippen LogP contribution in [0.1, 0.15) is 58.2 Å². The number of hydrogen-bond acceptors (Lipinski definition) is 3. The lowest BCUT2D eigenvalue weighted by molar-refractivity contribution is -0.122. The Morgan fingerprint density at radius 1 is 1.03 bits per heavy atom. The molecule has 0 saturated heterocycles. The first kappa shape index (κ1) is 22.5. The lowest BCUT2D eigenvalue weighted by Gasteiger charge is -2.25. The number of hydrogen-bond donors (Lipinski definition) is 2. The van der Waals surface area contributed by atoms with Crippen molar-refractivity contribution in [1.29, 1.82) is 0 Å². The highest BCUT2D eigenvalue weighted by Crippen LogP contribution is 2.26. The standard InChI is InChI=1S/C25H31N3O3/c1-16(2)22(17-10-12-18(13-11-17)25(3,4)5)26-21(29)14-15-28-20-9-7-6-8-19(20)23(30)27-24(28)31/h6-13,16,22H,14-15H2,1-5H3,(H,26,29)(H,27,30,31). The first-order valence-corrected chi connectivity index (χ1v) is 10.7. The van der Waals surface area contributed by atoms with Crippen molar-refractivity contribution >= 4 is 16.8 Å². The molecule has 1 unspecified atom stereocenters. The second kappa shape index (κ2) is 8.92. The van der Waals surface area contributed by atoms with E-state index in [-0.39, 0.29) is 36.2 Å². The molecule has 6 nitrogen and oxygen atoms in total. The molecule has 1 atom stereocenters. The molecule has 0 saturated carbocycles. The maximum Gasteiger partial charge on any atom is 0.328 e. The summed E-state index contributed by atoms with van der Waals surface area (Å²) in [6.45, 7) is 10.9. The average Bonchev–Trinajstić information content (AvgIpc) is 2.71. The predicted octanol–water partition coefficient (Wildman–Crippen LogP) is 3.89. The molecule has 0 bridgehead atoms. The zero-order chi connectivity index (χ0) is 22.8. The Labute approximate surface area is 182 Å². The summed E-state index contributed by atoms with van der Waals surface area (Å²) in [7, 11) is 0. The molecule has 1 amide bonds. The number of H-pyrrole nitrogens is 1. The number of nitrogens with one attached hydrogen (secondary N) is 2. The Kier molecular flexibility index (Phi) is 6.48. The van der Waals surface area contributed by atoms with Gasteiger partial charge in [-0.2, -0.15) is 0 Å². The molecule has 31 heavy (non-hydrogen) atoms. The normalized spacial score (nSPS) is 12.8. The number of para-hydroxylation sites is 1. The minimum atomic E-state index is -0.505. The van der Waals surface area contributed by atoms with Gasteiger partial charge in [-0.25, -0.2) is 4.79 Å². The van der Waals surface area contributed by atoms with Crippen LogP contribution in [0.4, 0.5) is 0 Å². The van der Waals surface area contributed by atoms with E-state index in [1.807, 2.05) is 0 Å². The van der Waals surface area contributed by atoms with Crippen LogP contribution in [0.15, 0.2) is 58.1 Å². The zero-order valence-corrected chi connectivity index (χ0v) is 18.9. The Morgan fingerprint density at radius 2 is 1.68 bits per heavy atom. The van der Waals surface area contributed by atoms with Gasteiger partial charge in [-0.15, -0.1) is 0 Å². The summed E-state index contributed by atoms with van der Waals surface area (Å²) >= 11 is 0. The quantitative estimate of drug-likeness (QED) is 0.633. The lowest BCUT2D eigenvalue weighted by atomic mass is 9.85. The molecule has 164 valence electrons. The van der Waals surface area contributed by atoms with Crippen molar-refractivity contribution in [1.82, 2.24) is 14.9 Å². The number of aromatic nitrogens is 2. The molecule has 2 aromatic carbocycles. The number of amides is 1. The molecule has 0 aliphatic carbocycles. The van der Waals surface area contributed by atoms with Gasteiger partial charge < -0.3 is 5.32 Å². The van der Waals surface area contributed by atoms with Crippen molar-refractivity contribution in [2.24, 2.45) is 5.92 Å². The van der Waals surface area contributed by atoms with E-state index in [9.17, 15) is 14.4 Å². The van der Waals surface area contributed by atoms with Crippen LogP contribution in [0, 0.1) is 5.92 Å². The van der Waals surface area contributed by atoms with Crippen LogP contribution in [0.5, 0.6) is 0 Å². The van der Waals surface area contributed by atoms with Gasteiger partial charge in [0.25, 0.3) is 5.56 Å². The number of aromatic amines is 1.